The van der Waals surface area contributed by atoms with E-state index in [0.29, 0.717) is 11.5 Å². The average molecular weight is 421 g/mol. The van der Waals surface area contributed by atoms with Crippen molar-refractivity contribution in [3.05, 3.63) is 53.6 Å². The Morgan fingerprint density at radius 3 is 2.24 bits per heavy atom. The Hall–Kier alpha value is -2.58. The van der Waals surface area contributed by atoms with Crippen LogP contribution in [0.25, 0.3) is 0 Å². The van der Waals surface area contributed by atoms with Gasteiger partial charge in [0.25, 0.3) is 0 Å². The summed E-state index contributed by atoms with van der Waals surface area (Å²) < 4.78 is 36.9. The first kappa shape index (κ1) is 22.7. The molecule has 1 amide bonds. The third-order valence-corrected chi connectivity index (χ3v) is 6.49. The Morgan fingerprint density at radius 2 is 1.69 bits per heavy atom. The molecule has 2 rings (SSSR count). The van der Waals surface area contributed by atoms with Crippen LogP contribution in [0.1, 0.15) is 31.0 Å². The summed E-state index contributed by atoms with van der Waals surface area (Å²) in [4.78, 5) is 12.4. The molecule has 1 unspecified atom stereocenters. The second kappa shape index (κ2) is 9.76. The molecule has 2 aromatic carbocycles. The number of rotatable bonds is 9. The fraction of sp³-hybridized carbons (Fsp3) is 0.381. The maximum Gasteiger partial charge on any atom is 0.243 e. The molecule has 0 bridgehead atoms. The summed E-state index contributed by atoms with van der Waals surface area (Å²) >= 11 is 0. The SMILES string of the molecule is CCc1ccc(C(C)NC(=O)CN(C)S(=O)(=O)c2ccc(OC)c(OC)c2)cc1. The van der Waals surface area contributed by atoms with Crippen LogP contribution in [0, 0.1) is 0 Å². The number of methoxy groups -OCH3 is 2. The molecule has 0 aliphatic rings. The molecule has 0 spiro atoms. The van der Waals surface area contributed by atoms with Crippen LogP contribution in [0.4, 0.5) is 0 Å². The van der Waals surface area contributed by atoms with Gasteiger partial charge in [0, 0.05) is 13.1 Å². The van der Waals surface area contributed by atoms with Gasteiger partial charge >= 0.3 is 0 Å². The lowest BCUT2D eigenvalue weighted by Crippen LogP contribution is -2.39. The second-order valence-corrected chi connectivity index (χ2v) is 8.71. The Labute approximate surface area is 172 Å². The molecular weight excluding hydrogens is 392 g/mol. The number of hydrogen-bond donors (Lipinski definition) is 1. The Balaban J connectivity index is 2.07. The topological polar surface area (TPSA) is 84.9 Å². The van der Waals surface area contributed by atoms with Gasteiger partial charge in [0.2, 0.25) is 15.9 Å². The molecule has 0 aliphatic carbocycles. The number of aryl methyl sites for hydroxylation is 1. The molecule has 8 heteroatoms. The fourth-order valence-electron chi connectivity index (χ4n) is 2.86. The molecule has 0 radical (unpaired) electrons. The van der Waals surface area contributed by atoms with Gasteiger partial charge in [0.05, 0.1) is 31.7 Å². The van der Waals surface area contributed by atoms with Crippen molar-refractivity contribution < 1.29 is 22.7 Å². The van der Waals surface area contributed by atoms with Gasteiger partial charge < -0.3 is 14.8 Å². The van der Waals surface area contributed by atoms with Gasteiger partial charge in [-0.3, -0.25) is 4.79 Å². The third-order valence-electron chi connectivity index (χ3n) is 4.69. The molecule has 1 atom stereocenters. The molecule has 0 saturated heterocycles. The van der Waals surface area contributed by atoms with Crippen LogP contribution in [-0.4, -0.2) is 46.4 Å². The van der Waals surface area contributed by atoms with E-state index < -0.39 is 10.0 Å². The summed E-state index contributed by atoms with van der Waals surface area (Å²) in [5.74, 6) is 0.342. The lowest BCUT2D eigenvalue weighted by atomic mass is 10.1. The normalized spacial score (nSPS) is 12.5. The zero-order valence-electron chi connectivity index (χ0n) is 17.4. The molecule has 0 heterocycles. The first-order valence-electron chi connectivity index (χ1n) is 9.29. The maximum absolute atomic E-state index is 12.8. The molecule has 1 N–H and O–H groups in total. The Kier molecular flexibility index (Phi) is 7.64. The number of benzene rings is 2. The van der Waals surface area contributed by atoms with Crippen LogP contribution in [0.2, 0.25) is 0 Å². The highest BCUT2D eigenvalue weighted by molar-refractivity contribution is 7.89. The summed E-state index contributed by atoms with van der Waals surface area (Å²) in [6.07, 6.45) is 0.944. The number of ether oxygens (including phenoxy) is 2. The molecule has 0 fully saturated rings. The summed E-state index contributed by atoms with van der Waals surface area (Å²) in [7, 11) is 0.405. The standard InChI is InChI=1S/C21H28N2O5S/c1-6-16-7-9-17(10-8-16)15(2)22-21(24)14-23(3)29(25,26)18-11-12-19(27-4)20(13-18)28-5/h7-13,15H,6,14H2,1-5H3,(H,22,24). The molecule has 2 aromatic rings. The minimum Gasteiger partial charge on any atom is -0.493 e. The summed E-state index contributed by atoms with van der Waals surface area (Å²) in [5.41, 5.74) is 2.17. The van der Waals surface area contributed by atoms with E-state index in [1.165, 1.54) is 45.0 Å². The van der Waals surface area contributed by atoms with Gasteiger partial charge in [-0.05, 0) is 36.6 Å². The number of sulfonamides is 1. The number of carbonyl (C=O) groups excluding carboxylic acids is 1. The number of carbonyl (C=O) groups is 1. The molecule has 29 heavy (non-hydrogen) atoms. The van der Waals surface area contributed by atoms with Crippen LogP contribution in [-0.2, 0) is 21.2 Å². The van der Waals surface area contributed by atoms with Gasteiger partial charge in [-0.15, -0.1) is 0 Å². The second-order valence-electron chi connectivity index (χ2n) is 6.66. The zero-order chi connectivity index (χ0) is 21.6. The quantitative estimate of drug-likeness (QED) is 0.674. The molecule has 0 aromatic heterocycles. The number of nitrogens with zero attached hydrogens (tertiary/aromatic N) is 1. The summed E-state index contributed by atoms with van der Waals surface area (Å²) in [5, 5.41) is 2.84. The smallest absolute Gasteiger partial charge is 0.243 e. The lowest BCUT2D eigenvalue weighted by Gasteiger charge is -2.20. The van der Waals surface area contributed by atoms with E-state index in [-0.39, 0.29) is 23.4 Å². The van der Waals surface area contributed by atoms with E-state index >= 15 is 0 Å². The van der Waals surface area contributed by atoms with Crippen molar-refractivity contribution in [3.63, 3.8) is 0 Å². The van der Waals surface area contributed by atoms with Crippen molar-refractivity contribution in [2.75, 3.05) is 27.8 Å². The maximum atomic E-state index is 12.8. The van der Waals surface area contributed by atoms with E-state index in [1.807, 2.05) is 31.2 Å². The highest BCUT2D eigenvalue weighted by Crippen LogP contribution is 2.30. The highest BCUT2D eigenvalue weighted by Gasteiger charge is 2.25. The fourth-order valence-corrected chi connectivity index (χ4v) is 4.00. The minimum atomic E-state index is -3.86. The van der Waals surface area contributed by atoms with E-state index in [9.17, 15) is 13.2 Å². The van der Waals surface area contributed by atoms with Crippen LogP contribution >= 0.6 is 0 Å². The third kappa shape index (κ3) is 5.48. The van der Waals surface area contributed by atoms with Crippen molar-refractivity contribution in [2.45, 2.75) is 31.2 Å². The molecule has 0 aliphatic heterocycles. The van der Waals surface area contributed by atoms with E-state index in [1.54, 1.807) is 0 Å². The van der Waals surface area contributed by atoms with Gasteiger partial charge in [0.1, 0.15) is 0 Å². The Morgan fingerprint density at radius 1 is 1.07 bits per heavy atom. The first-order valence-corrected chi connectivity index (χ1v) is 10.7. The van der Waals surface area contributed by atoms with E-state index in [4.69, 9.17) is 9.47 Å². The molecule has 7 nitrogen and oxygen atoms in total. The van der Waals surface area contributed by atoms with Gasteiger partial charge in [-0.2, -0.15) is 4.31 Å². The van der Waals surface area contributed by atoms with Crippen molar-refractivity contribution in [2.24, 2.45) is 0 Å². The van der Waals surface area contributed by atoms with Crippen LogP contribution in [0.5, 0.6) is 11.5 Å². The minimum absolute atomic E-state index is 0.0219. The molecule has 0 saturated carbocycles. The molecule has 158 valence electrons. The predicted octanol–water partition coefficient (Wildman–Crippen LogP) is 2.76. The largest absolute Gasteiger partial charge is 0.493 e. The number of likely N-dealkylation sites (N-methyl/N-ethyl adjacent to an activating group) is 1. The number of hydrogen-bond acceptors (Lipinski definition) is 5. The van der Waals surface area contributed by atoms with E-state index in [2.05, 4.69) is 12.2 Å². The van der Waals surface area contributed by atoms with Crippen molar-refractivity contribution in [1.82, 2.24) is 9.62 Å². The number of nitrogens with one attached hydrogen (secondary N) is 1. The van der Waals surface area contributed by atoms with E-state index in [0.717, 1.165) is 16.3 Å². The highest BCUT2D eigenvalue weighted by atomic mass is 32.2. The van der Waals surface area contributed by atoms with Crippen LogP contribution in [0.15, 0.2) is 47.4 Å². The van der Waals surface area contributed by atoms with Gasteiger partial charge in [-0.1, -0.05) is 31.2 Å². The predicted molar refractivity (Wildman–Crippen MR) is 112 cm³/mol. The van der Waals surface area contributed by atoms with Gasteiger partial charge in [-0.25, -0.2) is 8.42 Å². The van der Waals surface area contributed by atoms with Crippen molar-refractivity contribution >= 4 is 15.9 Å². The van der Waals surface area contributed by atoms with Gasteiger partial charge in [0.15, 0.2) is 11.5 Å². The first-order chi connectivity index (χ1) is 13.7. The zero-order valence-corrected chi connectivity index (χ0v) is 18.2. The summed E-state index contributed by atoms with van der Waals surface area (Å²) in [6, 6.07) is 12.1. The molecular formula is C21H28N2O5S. The monoisotopic (exact) mass is 420 g/mol. The Bertz CT molecular complexity index is 942. The average Bonchev–Trinajstić information content (AvgIpc) is 2.72. The van der Waals surface area contributed by atoms with Crippen molar-refractivity contribution in [3.8, 4) is 11.5 Å². The summed E-state index contributed by atoms with van der Waals surface area (Å²) in [6.45, 7) is 3.64. The number of amides is 1. The van der Waals surface area contributed by atoms with Crippen LogP contribution in [0.3, 0.4) is 0 Å². The van der Waals surface area contributed by atoms with Crippen molar-refractivity contribution in [1.29, 1.82) is 0 Å². The lowest BCUT2D eigenvalue weighted by molar-refractivity contribution is -0.121. The van der Waals surface area contributed by atoms with Crippen LogP contribution < -0.4 is 14.8 Å².